The van der Waals surface area contributed by atoms with Crippen LogP contribution >= 0.6 is 11.8 Å². The van der Waals surface area contributed by atoms with E-state index >= 15 is 0 Å². The lowest BCUT2D eigenvalue weighted by Gasteiger charge is -1.97. The molecule has 0 aromatic heterocycles. The smallest absolute Gasteiger partial charge is 0.307 e. The number of carbonyl (C=O) groups excluding carboxylic acids is 1. The van der Waals surface area contributed by atoms with Gasteiger partial charge in [0.25, 0.3) is 0 Å². The maximum Gasteiger partial charge on any atom is 0.307 e. The normalized spacial score (nSPS) is 35.9. The average molecular weight is 226 g/mol. The summed E-state index contributed by atoms with van der Waals surface area (Å²) >= 11 is 1.33. The van der Waals surface area contributed by atoms with Crippen molar-refractivity contribution in [1.29, 1.82) is 0 Å². The lowest BCUT2D eigenvalue weighted by molar-refractivity contribution is -0.139. The Morgan fingerprint density at radius 1 is 1.60 bits per heavy atom. The van der Waals surface area contributed by atoms with Crippen LogP contribution in [0.1, 0.15) is 20.3 Å². The monoisotopic (exact) mass is 226 g/mol. The third-order valence-electron chi connectivity index (χ3n) is 3.42. The summed E-state index contributed by atoms with van der Waals surface area (Å²) in [6.45, 7) is 3.89. The molecule has 1 heterocycles. The molecule has 1 aliphatic heterocycles. The Labute approximate surface area is 92.9 Å². The number of carboxylic acids is 1. The summed E-state index contributed by atoms with van der Waals surface area (Å²) in [5.74, 6) is -0.189. The minimum Gasteiger partial charge on any atom is -0.481 e. The third-order valence-corrected chi connectivity index (χ3v) is 4.36. The van der Waals surface area contributed by atoms with Gasteiger partial charge < -0.3 is 5.11 Å². The molecule has 15 heavy (non-hydrogen) atoms. The highest BCUT2D eigenvalue weighted by molar-refractivity contribution is 8.14. The van der Waals surface area contributed by atoms with E-state index in [1.165, 1.54) is 11.8 Å². The molecule has 0 spiro atoms. The molecular formula is C11H14O3S. The van der Waals surface area contributed by atoms with E-state index in [9.17, 15) is 9.59 Å². The molecule has 0 unspecified atom stereocenters. The summed E-state index contributed by atoms with van der Waals surface area (Å²) in [5, 5.41) is 9.11. The van der Waals surface area contributed by atoms with Crippen molar-refractivity contribution in [3.8, 4) is 0 Å². The van der Waals surface area contributed by atoms with E-state index in [4.69, 9.17) is 5.11 Å². The first-order valence-electron chi connectivity index (χ1n) is 5.05. The van der Waals surface area contributed by atoms with Crippen LogP contribution in [0.4, 0.5) is 0 Å². The second-order valence-electron chi connectivity index (χ2n) is 4.74. The first kappa shape index (κ1) is 10.7. The van der Waals surface area contributed by atoms with E-state index in [0.717, 1.165) is 17.7 Å². The first-order valence-corrected chi connectivity index (χ1v) is 6.04. The number of hydrogen-bond acceptors (Lipinski definition) is 3. The third kappa shape index (κ3) is 1.71. The second kappa shape index (κ2) is 3.37. The first-order chi connectivity index (χ1) is 6.94. The van der Waals surface area contributed by atoms with Crippen molar-refractivity contribution < 1.29 is 14.7 Å². The molecule has 0 aromatic rings. The van der Waals surface area contributed by atoms with Crippen molar-refractivity contribution in [3.63, 3.8) is 0 Å². The van der Waals surface area contributed by atoms with Gasteiger partial charge in [0, 0.05) is 11.3 Å². The molecule has 3 nitrogen and oxygen atoms in total. The quantitative estimate of drug-likeness (QED) is 0.731. The van der Waals surface area contributed by atoms with Crippen LogP contribution in [-0.4, -0.2) is 21.9 Å². The number of thioether (sulfide) groups is 1. The fourth-order valence-electron chi connectivity index (χ4n) is 2.28. The highest BCUT2D eigenvalue weighted by Gasteiger charge is 2.61. The van der Waals surface area contributed by atoms with Crippen LogP contribution in [0.2, 0.25) is 0 Å². The predicted molar refractivity (Wildman–Crippen MR) is 58.6 cm³/mol. The van der Waals surface area contributed by atoms with Crippen LogP contribution in [0.15, 0.2) is 11.6 Å². The van der Waals surface area contributed by atoms with Crippen LogP contribution in [-0.2, 0) is 9.59 Å². The van der Waals surface area contributed by atoms with Gasteiger partial charge in [0.1, 0.15) is 0 Å². The zero-order chi connectivity index (χ0) is 11.2. The lowest BCUT2D eigenvalue weighted by Crippen LogP contribution is -2.03. The molecular weight excluding hydrogens is 212 g/mol. The van der Waals surface area contributed by atoms with Crippen LogP contribution < -0.4 is 0 Å². The van der Waals surface area contributed by atoms with Gasteiger partial charge >= 0.3 is 5.97 Å². The molecule has 0 amide bonds. The molecule has 4 heteroatoms. The van der Waals surface area contributed by atoms with E-state index < -0.39 is 5.97 Å². The van der Waals surface area contributed by atoms with Gasteiger partial charge in [0.05, 0.1) is 5.92 Å². The van der Waals surface area contributed by atoms with Gasteiger partial charge in [-0.1, -0.05) is 31.7 Å². The second-order valence-corrected chi connectivity index (χ2v) is 5.81. The Balaban J connectivity index is 2.15. The van der Waals surface area contributed by atoms with Crippen LogP contribution in [0.5, 0.6) is 0 Å². The summed E-state index contributed by atoms with van der Waals surface area (Å²) in [6, 6.07) is 0. The van der Waals surface area contributed by atoms with Crippen molar-refractivity contribution in [2.45, 2.75) is 20.3 Å². The molecule has 0 bridgehead atoms. The average Bonchev–Trinajstić information content (AvgIpc) is 2.47. The maximum atomic E-state index is 11.4. The topological polar surface area (TPSA) is 54.4 Å². The Morgan fingerprint density at radius 2 is 2.27 bits per heavy atom. The lowest BCUT2D eigenvalue weighted by atomic mass is 10.1. The van der Waals surface area contributed by atoms with Crippen molar-refractivity contribution in [2.24, 2.45) is 17.3 Å². The number of allylic oxidation sites excluding steroid dienone is 1. The molecule has 2 atom stereocenters. The molecule has 1 saturated heterocycles. The van der Waals surface area contributed by atoms with Gasteiger partial charge in [-0.3, -0.25) is 9.59 Å². The van der Waals surface area contributed by atoms with E-state index in [1.54, 1.807) is 0 Å². The molecule has 2 rings (SSSR count). The van der Waals surface area contributed by atoms with E-state index in [1.807, 2.05) is 19.9 Å². The van der Waals surface area contributed by atoms with Crippen molar-refractivity contribution in [1.82, 2.24) is 0 Å². The standard InChI is InChI=1S/C11H14O3S/c1-11(2)7(8(11)9(12)13)5-6-3-4-15-10(6)14/h5,7-8H,3-4H2,1-2H3,(H,12,13)/t7-,8-/m1/s1. The summed E-state index contributed by atoms with van der Waals surface area (Å²) in [7, 11) is 0. The molecule has 2 fully saturated rings. The van der Waals surface area contributed by atoms with Crippen molar-refractivity contribution in [3.05, 3.63) is 11.6 Å². The van der Waals surface area contributed by atoms with Gasteiger partial charge in [0.2, 0.25) is 5.12 Å². The van der Waals surface area contributed by atoms with E-state index in [2.05, 4.69) is 0 Å². The Morgan fingerprint density at radius 3 is 2.67 bits per heavy atom. The van der Waals surface area contributed by atoms with Crippen LogP contribution in [0.25, 0.3) is 0 Å². The molecule has 1 aliphatic carbocycles. The minimum absolute atomic E-state index is 0.0349. The number of rotatable bonds is 2. The molecule has 0 aromatic carbocycles. The minimum atomic E-state index is -0.750. The summed E-state index contributed by atoms with van der Waals surface area (Å²) in [5.41, 5.74) is 0.633. The fraction of sp³-hybridized carbons (Fsp3) is 0.636. The molecule has 1 N–H and O–H groups in total. The Bertz CT molecular complexity index is 357. The SMILES string of the molecule is CC1(C)[C@H](C=C2CCSC2=O)[C@@H]1C(=O)O. The fourth-order valence-corrected chi connectivity index (χ4v) is 3.14. The van der Waals surface area contributed by atoms with Crippen LogP contribution in [0.3, 0.4) is 0 Å². The number of carboxylic acid groups (broad SMARTS) is 1. The van der Waals surface area contributed by atoms with Gasteiger partial charge in [-0.15, -0.1) is 0 Å². The number of aliphatic carboxylic acids is 1. The molecule has 2 aliphatic rings. The van der Waals surface area contributed by atoms with E-state index in [-0.39, 0.29) is 22.4 Å². The van der Waals surface area contributed by atoms with Crippen molar-refractivity contribution >= 4 is 22.8 Å². The van der Waals surface area contributed by atoms with Gasteiger partial charge in [-0.25, -0.2) is 0 Å². The summed E-state index contributed by atoms with van der Waals surface area (Å²) in [4.78, 5) is 22.3. The highest BCUT2D eigenvalue weighted by atomic mass is 32.2. The number of carbonyl (C=O) groups is 2. The Hall–Kier alpha value is -0.770. The summed E-state index contributed by atoms with van der Waals surface area (Å²) in [6.07, 6.45) is 2.68. The molecule has 82 valence electrons. The van der Waals surface area contributed by atoms with Crippen LogP contribution in [0, 0.1) is 17.3 Å². The maximum absolute atomic E-state index is 11.4. The highest BCUT2D eigenvalue weighted by Crippen LogP contribution is 2.59. The van der Waals surface area contributed by atoms with E-state index in [0.29, 0.717) is 0 Å². The molecule has 1 saturated carbocycles. The van der Waals surface area contributed by atoms with Gasteiger partial charge in [-0.2, -0.15) is 0 Å². The predicted octanol–water partition coefficient (Wildman–Crippen LogP) is 1.93. The molecule has 0 radical (unpaired) electrons. The zero-order valence-corrected chi connectivity index (χ0v) is 9.63. The number of hydrogen-bond donors (Lipinski definition) is 1. The summed E-state index contributed by atoms with van der Waals surface area (Å²) < 4.78 is 0. The van der Waals surface area contributed by atoms with Gasteiger partial charge in [-0.05, 0) is 17.8 Å². The zero-order valence-electron chi connectivity index (χ0n) is 8.82. The Kier molecular flexibility index (Phi) is 2.41. The van der Waals surface area contributed by atoms with Gasteiger partial charge in [0.15, 0.2) is 0 Å². The largest absolute Gasteiger partial charge is 0.481 e. The van der Waals surface area contributed by atoms with Crippen molar-refractivity contribution in [2.75, 3.05) is 5.75 Å².